The summed E-state index contributed by atoms with van der Waals surface area (Å²) in [7, 11) is 1.58. The number of hydrogen-bond donors (Lipinski definition) is 2. The summed E-state index contributed by atoms with van der Waals surface area (Å²) in [6.07, 6.45) is 8.46. The first-order chi connectivity index (χ1) is 14.1. The second kappa shape index (κ2) is 10.8. The Labute approximate surface area is 171 Å². The smallest absolute Gasteiger partial charge is 0.273 e. The van der Waals surface area contributed by atoms with Gasteiger partial charge in [-0.1, -0.05) is 43.4 Å². The van der Waals surface area contributed by atoms with E-state index in [9.17, 15) is 9.90 Å². The van der Waals surface area contributed by atoms with Crippen LogP contribution in [-0.2, 0) is 6.54 Å². The number of benzene rings is 1. The van der Waals surface area contributed by atoms with Crippen molar-refractivity contribution >= 4 is 5.91 Å². The van der Waals surface area contributed by atoms with E-state index in [1.165, 1.54) is 32.1 Å². The molecule has 1 unspecified atom stereocenters. The first kappa shape index (κ1) is 21.1. The fraction of sp³-hybridized carbons (Fsp3) is 0.571. The summed E-state index contributed by atoms with van der Waals surface area (Å²) in [4.78, 5) is 12.2. The Morgan fingerprint density at radius 1 is 1.31 bits per heavy atom. The van der Waals surface area contributed by atoms with Gasteiger partial charge in [-0.25, -0.2) is 0 Å². The van der Waals surface area contributed by atoms with Gasteiger partial charge in [0.05, 0.1) is 13.3 Å². The van der Waals surface area contributed by atoms with E-state index < -0.39 is 6.10 Å². The molecule has 1 fully saturated rings. The second-order valence-electron chi connectivity index (χ2n) is 7.51. The maximum absolute atomic E-state index is 12.2. The molecule has 0 aliphatic heterocycles. The van der Waals surface area contributed by atoms with E-state index in [4.69, 9.17) is 9.47 Å². The van der Waals surface area contributed by atoms with Crippen LogP contribution in [0.4, 0.5) is 0 Å². The number of aliphatic hydroxyl groups is 1. The van der Waals surface area contributed by atoms with Crippen LogP contribution in [0, 0.1) is 5.92 Å². The van der Waals surface area contributed by atoms with Gasteiger partial charge in [-0.15, -0.1) is 5.10 Å². The third-order valence-corrected chi connectivity index (χ3v) is 5.24. The van der Waals surface area contributed by atoms with Crippen molar-refractivity contribution in [2.75, 3.05) is 20.3 Å². The van der Waals surface area contributed by atoms with Crippen LogP contribution in [0.5, 0.6) is 11.5 Å². The van der Waals surface area contributed by atoms with E-state index in [1.54, 1.807) is 36.2 Å². The summed E-state index contributed by atoms with van der Waals surface area (Å²) < 4.78 is 12.4. The lowest BCUT2D eigenvalue weighted by Crippen LogP contribution is -2.35. The van der Waals surface area contributed by atoms with Crippen LogP contribution in [-0.4, -0.2) is 52.4 Å². The molecule has 8 nitrogen and oxygen atoms in total. The number of aryl methyl sites for hydroxylation is 1. The van der Waals surface area contributed by atoms with Gasteiger partial charge in [-0.05, 0) is 24.5 Å². The van der Waals surface area contributed by atoms with Gasteiger partial charge in [-0.2, -0.15) is 0 Å². The quantitative estimate of drug-likeness (QED) is 0.633. The largest absolute Gasteiger partial charge is 0.497 e. The topological polar surface area (TPSA) is 98.5 Å². The van der Waals surface area contributed by atoms with Crippen LogP contribution in [0.1, 0.15) is 49.0 Å². The van der Waals surface area contributed by atoms with Crippen LogP contribution in [0.2, 0.25) is 0 Å². The first-order valence-corrected chi connectivity index (χ1v) is 10.3. The van der Waals surface area contributed by atoms with Crippen LogP contribution in [0.15, 0.2) is 30.5 Å². The zero-order valence-corrected chi connectivity index (χ0v) is 16.9. The molecule has 8 heteroatoms. The van der Waals surface area contributed by atoms with E-state index in [0.29, 0.717) is 11.5 Å². The molecule has 2 aromatic rings. The molecule has 2 N–H and O–H groups in total. The Kier molecular flexibility index (Phi) is 7.86. The minimum Gasteiger partial charge on any atom is -0.497 e. The molecule has 1 aromatic heterocycles. The van der Waals surface area contributed by atoms with Crippen molar-refractivity contribution in [1.82, 2.24) is 20.3 Å². The van der Waals surface area contributed by atoms with Crippen molar-refractivity contribution < 1.29 is 19.4 Å². The predicted octanol–water partition coefficient (Wildman–Crippen LogP) is 2.43. The van der Waals surface area contributed by atoms with Crippen molar-refractivity contribution in [2.45, 2.75) is 51.2 Å². The molecule has 0 bridgehead atoms. The molecule has 1 saturated carbocycles. The van der Waals surface area contributed by atoms with Gasteiger partial charge in [0, 0.05) is 19.2 Å². The highest BCUT2D eigenvalue weighted by molar-refractivity contribution is 5.91. The standard InChI is InChI=1S/C21H30N4O4/c1-28-18-8-5-9-19(12-18)29-15-17(26)13-22-21(27)20-14-25(24-23-20)11-10-16-6-3-2-4-7-16/h5,8-9,12,14,16-17,26H,2-4,6-7,10-11,13,15H2,1H3,(H,22,27). The van der Waals surface area contributed by atoms with Gasteiger partial charge in [-0.3, -0.25) is 9.48 Å². The van der Waals surface area contributed by atoms with Gasteiger partial charge in [0.15, 0.2) is 5.69 Å². The van der Waals surface area contributed by atoms with Crippen LogP contribution >= 0.6 is 0 Å². The molecule has 0 spiro atoms. The van der Waals surface area contributed by atoms with E-state index in [-0.39, 0.29) is 24.8 Å². The highest BCUT2D eigenvalue weighted by atomic mass is 16.5. The van der Waals surface area contributed by atoms with Gasteiger partial charge in [0.1, 0.15) is 24.2 Å². The maximum Gasteiger partial charge on any atom is 0.273 e. The lowest BCUT2D eigenvalue weighted by Gasteiger charge is -2.20. The third-order valence-electron chi connectivity index (χ3n) is 5.24. The number of amides is 1. The zero-order chi connectivity index (χ0) is 20.5. The van der Waals surface area contributed by atoms with Crippen molar-refractivity contribution in [2.24, 2.45) is 5.92 Å². The summed E-state index contributed by atoms with van der Waals surface area (Å²) in [5, 5.41) is 20.7. The molecule has 1 atom stereocenters. The van der Waals surface area contributed by atoms with Crippen molar-refractivity contribution in [3.63, 3.8) is 0 Å². The number of methoxy groups -OCH3 is 1. The molecule has 1 aromatic carbocycles. The number of aliphatic hydroxyl groups excluding tert-OH is 1. The molecule has 1 aliphatic rings. The fourth-order valence-corrected chi connectivity index (χ4v) is 3.55. The average molecular weight is 402 g/mol. The number of nitrogens with zero attached hydrogens (tertiary/aromatic N) is 3. The molecular formula is C21H30N4O4. The lowest BCUT2D eigenvalue weighted by molar-refractivity contribution is 0.0839. The van der Waals surface area contributed by atoms with E-state index in [0.717, 1.165) is 18.9 Å². The van der Waals surface area contributed by atoms with Gasteiger partial charge in [0.25, 0.3) is 5.91 Å². The Bertz CT molecular complexity index is 774. The summed E-state index contributed by atoms with van der Waals surface area (Å²) in [5.74, 6) is 1.67. The van der Waals surface area contributed by atoms with Gasteiger partial charge >= 0.3 is 0 Å². The van der Waals surface area contributed by atoms with Crippen molar-refractivity contribution in [3.05, 3.63) is 36.2 Å². The van der Waals surface area contributed by atoms with Crippen LogP contribution in [0.3, 0.4) is 0 Å². The maximum atomic E-state index is 12.2. The molecule has 1 heterocycles. The second-order valence-corrected chi connectivity index (χ2v) is 7.51. The Hall–Kier alpha value is -2.61. The number of nitrogens with one attached hydrogen (secondary N) is 1. The van der Waals surface area contributed by atoms with Gasteiger partial charge < -0.3 is 19.9 Å². The molecule has 0 saturated heterocycles. The minimum atomic E-state index is -0.841. The third kappa shape index (κ3) is 6.74. The predicted molar refractivity (Wildman–Crippen MR) is 108 cm³/mol. The Morgan fingerprint density at radius 2 is 2.10 bits per heavy atom. The molecule has 0 radical (unpaired) electrons. The van der Waals surface area contributed by atoms with E-state index >= 15 is 0 Å². The van der Waals surface area contributed by atoms with Crippen LogP contribution < -0.4 is 14.8 Å². The number of carbonyl (C=O) groups is 1. The SMILES string of the molecule is COc1cccc(OCC(O)CNC(=O)c2cn(CCC3CCCCC3)nn2)c1. The number of aromatic nitrogens is 3. The van der Waals surface area contributed by atoms with Crippen molar-refractivity contribution in [1.29, 1.82) is 0 Å². The number of rotatable bonds is 10. The normalized spacial score (nSPS) is 15.7. The minimum absolute atomic E-state index is 0.0571. The summed E-state index contributed by atoms with van der Waals surface area (Å²) in [6.45, 7) is 0.904. The molecule has 3 rings (SSSR count). The Balaban J connectivity index is 1.37. The van der Waals surface area contributed by atoms with E-state index in [1.807, 2.05) is 6.07 Å². The lowest BCUT2D eigenvalue weighted by atomic mass is 9.87. The van der Waals surface area contributed by atoms with Crippen molar-refractivity contribution in [3.8, 4) is 11.5 Å². The molecule has 158 valence electrons. The molecule has 1 amide bonds. The van der Waals surface area contributed by atoms with Crippen LogP contribution in [0.25, 0.3) is 0 Å². The van der Waals surface area contributed by atoms with Gasteiger partial charge in [0.2, 0.25) is 0 Å². The first-order valence-electron chi connectivity index (χ1n) is 10.3. The fourth-order valence-electron chi connectivity index (χ4n) is 3.55. The summed E-state index contributed by atoms with van der Waals surface area (Å²) >= 11 is 0. The highest BCUT2D eigenvalue weighted by Crippen LogP contribution is 2.26. The summed E-state index contributed by atoms with van der Waals surface area (Å²) in [5.41, 5.74) is 0.259. The van der Waals surface area contributed by atoms with E-state index in [2.05, 4.69) is 15.6 Å². The molecular weight excluding hydrogens is 372 g/mol. The molecule has 1 aliphatic carbocycles. The molecule has 29 heavy (non-hydrogen) atoms. The average Bonchev–Trinajstić information content (AvgIpc) is 3.24. The highest BCUT2D eigenvalue weighted by Gasteiger charge is 2.16. The zero-order valence-electron chi connectivity index (χ0n) is 16.9. The summed E-state index contributed by atoms with van der Waals surface area (Å²) in [6, 6.07) is 7.13. The number of hydrogen-bond acceptors (Lipinski definition) is 6. The number of carbonyl (C=O) groups excluding carboxylic acids is 1. The number of ether oxygens (including phenoxy) is 2. The monoisotopic (exact) mass is 402 g/mol. The Morgan fingerprint density at radius 3 is 2.90 bits per heavy atom.